The average Bonchev–Trinajstić information content (AvgIpc) is 2.60. The first kappa shape index (κ1) is 21.8. The number of hydrogen-bond donors (Lipinski definition) is 5. The van der Waals surface area contributed by atoms with Crippen molar-refractivity contribution in [2.24, 2.45) is 5.84 Å². The quantitative estimate of drug-likeness (QED) is 0.389. The number of hydrazine groups is 1. The summed E-state index contributed by atoms with van der Waals surface area (Å²) in [5.41, 5.74) is 4.50. The lowest BCUT2D eigenvalue weighted by Gasteiger charge is -2.09. The van der Waals surface area contributed by atoms with Crippen LogP contribution in [0.5, 0.6) is 0 Å². The molecule has 2 rings (SSSR count). The van der Waals surface area contributed by atoms with Crippen molar-refractivity contribution in [2.75, 3.05) is 6.61 Å². The van der Waals surface area contributed by atoms with Crippen molar-refractivity contribution in [3.8, 4) is 0 Å². The molecule has 0 amide bonds. The van der Waals surface area contributed by atoms with Crippen molar-refractivity contribution < 1.29 is 15.0 Å². The summed E-state index contributed by atoms with van der Waals surface area (Å²) in [6.45, 7) is 0.287. The van der Waals surface area contributed by atoms with Gasteiger partial charge in [-0.3, -0.25) is 10.6 Å². The molecule has 1 atom stereocenters. The van der Waals surface area contributed by atoms with Crippen molar-refractivity contribution in [1.29, 1.82) is 0 Å². The topological polar surface area (TPSA) is 131 Å². The molecule has 0 saturated carbocycles. The molecule has 0 saturated heterocycles. The molecule has 0 heterocycles. The van der Waals surface area contributed by atoms with Crippen LogP contribution in [-0.4, -0.2) is 28.8 Å². The number of nitrogens with one attached hydrogen (secondary N) is 1. The Morgan fingerprint density at radius 1 is 1.00 bits per heavy atom. The summed E-state index contributed by atoms with van der Waals surface area (Å²) >= 11 is 0. The van der Waals surface area contributed by atoms with E-state index in [0.717, 1.165) is 18.4 Å². The van der Waals surface area contributed by atoms with Gasteiger partial charge in [0.2, 0.25) is 0 Å². The van der Waals surface area contributed by atoms with E-state index in [-0.39, 0.29) is 12.8 Å². The number of rotatable bonds is 7. The predicted molar refractivity (Wildman–Crippen MR) is 95.8 cm³/mol. The van der Waals surface area contributed by atoms with Gasteiger partial charge in [-0.2, -0.15) is 0 Å². The zero-order valence-corrected chi connectivity index (χ0v) is 13.8. The van der Waals surface area contributed by atoms with Crippen molar-refractivity contribution in [3.63, 3.8) is 0 Å². The monoisotopic (exact) mass is 333 g/mol. The molecule has 0 fully saturated rings. The summed E-state index contributed by atoms with van der Waals surface area (Å²) in [6, 6.07) is 18.8. The summed E-state index contributed by atoms with van der Waals surface area (Å²) in [5, 5.41) is 17.2. The zero-order valence-electron chi connectivity index (χ0n) is 13.8. The molecule has 132 valence electrons. The first-order chi connectivity index (χ1) is 11.2. The molecule has 6 nitrogen and oxygen atoms in total. The third-order valence-electron chi connectivity index (χ3n) is 3.25. The fraction of sp³-hybridized carbons (Fsp3) is 0.278. The molecular weight excluding hydrogens is 306 g/mol. The molecule has 0 aliphatic rings. The van der Waals surface area contributed by atoms with Gasteiger partial charge in [-0.15, -0.1) is 0 Å². The van der Waals surface area contributed by atoms with E-state index in [1.807, 2.05) is 48.5 Å². The third kappa shape index (κ3) is 9.02. The van der Waals surface area contributed by atoms with E-state index in [2.05, 4.69) is 17.6 Å². The molecule has 0 aliphatic carbocycles. The van der Waals surface area contributed by atoms with Crippen molar-refractivity contribution >= 4 is 5.97 Å². The number of nitrogens with two attached hydrogens (primary N) is 1. The SMILES string of the molecule is N.NNC(Cc1ccccc1)C(=O)O.OCCCc1ccccc1. The maximum Gasteiger partial charge on any atom is 0.322 e. The van der Waals surface area contributed by atoms with Crippen LogP contribution in [0.25, 0.3) is 0 Å². The Morgan fingerprint density at radius 2 is 1.50 bits per heavy atom. The highest BCUT2D eigenvalue weighted by atomic mass is 16.4. The Balaban J connectivity index is 0.000000436. The van der Waals surface area contributed by atoms with Crippen LogP contribution in [0.2, 0.25) is 0 Å². The van der Waals surface area contributed by atoms with Crippen molar-refractivity contribution in [1.82, 2.24) is 11.6 Å². The highest BCUT2D eigenvalue weighted by Crippen LogP contribution is 2.02. The second kappa shape index (κ2) is 13.2. The van der Waals surface area contributed by atoms with Crippen LogP contribution in [0.1, 0.15) is 17.5 Å². The lowest BCUT2D eigenvalue weighted by atomic mass is 10.1. The molecule has 2 aromatic rings. The number of aryl methyl sites for hydroxylation is 1. The van der Waals surface area contributed by atoms with Gasteiger partial charge in [-0.1, -0.05) is 60.7 Å². The van der Waals surface area contributed by atoms with E-state index in [0.29, 0.717) is 6.42 Å². The van der Waals surface area contributed by atoms with Crippen LogP contribution in [0.15, 0.2) is 60.7 Å². The molecule has 6 heteroatoms. The van der Waals surface area contributed by atoms with Gasteiger partial charge < -0.3 is 16.4 Å². The highest BCUT2D eigenvalue weighted by molar-refractivity contribution is 5.73. The van der Waals surface area contributed by atoms with Crippen LogP contribution < -0.4 is 17.4 Å². The highest BCUT2D eigenvalue weighted by Gasteiger charge is 2.14. The Hall–Kier alpha value is -2.25. The van der Waals surface area contributed by atoms with Gasteiger partial charge in [0, 0.05) is 6.61 Å². The number of carboxylic acids is 1. The number of aliphatic carboxylic acids is 1. The Bertz CT molecular complexity index is 550. The smallest absolute Gasteiger partial charge is 0.322 e. The van der Waals surface area contributed by atoms with Crippen molar-refractivity contribution in [2.45, 2.75) is 25.3 Å². The number of aliphatic hydroxyl groups is 1. The minimum absolute atomic E-state index is 0. The lowest BCUT2D eigenvalue weighted by molar-refractivity contribution is -0.139. The maximum absolute atomic E-state index is 10.6. The second-order valence-electron chi connectivity index (χ2n) is 5.06. The van der Waals surface area contributed by atoms with Gasteiger partial charge >= 0.3 is 5.97 Å². The minimum atomic E-state index is -0.939. The molecule has 0 aliphatic heterocycles. The second-order valence-corrected chi connectivity index (χ2v) is 5.06. The summed E-state index contributed by atoms with van der Waals surface area (Å²) < 4.78 is 0. The summed E-state index contributed by atoms with van der Waals surface area (Å²) in [5.74, 6) is 4.15. The molecule has 0 bridgehead atoms. The van der Waals surface area contributed by atoms with E-state index in [4.69, 9.17) is 16.1 Å². The van der Waals surface area contributed by atoms with Gasteiger partial charge in [0.15, 0.2) is 0 Å². The molecular formula is C18H27N3O3. The molecule has 1 unspecified atom stereocenters. The largest absolute Gasteiger partial charge is 0.480 e. The Kier molecular flexibility index (Phi) is 12.0. The maximum atomic E-state index is 10.6. The summed E-state index contributed by atoms with van der Waals surface area (Å²) in [7, 11) is 0. The van der Waals surface area contributed by atoms with E-state index in [1.165, 1.54) is 5.56 Å². The van der Waals surface area contributed by atoms with Crippen molar-refractivity contribution in [3.05, 3.63) is 71.8 Å². The number of aliphatic hydroxyl groups excluding tert-OH is 1. The number of carboxylic acid groups (broad SMARTS) is 1. The van der Waals surface area contributed by atoms with E-state index in [9.17, 15) is 4.79 Å². The van der Waals surface area contributed by atoms with E-state index in [1.54, 1.807) is 0 Å². The van der Waals surface area contributed by atoms with Gasteiger partial charge in [0.25, 0.3) is 0 Å². The van der Waals surface area contributed by atoms with Crippen LogP contribution in [0.4, 0.5) is 0 Å². The number of benzene rings is 2. The average molecular weight is 333 g/mol. The van der Waals surface area contributed by atoms with Gasteiger partial charge in [-0.25, -0.2) is 5.43 Å². The van der Waals surface area contributed by atoms with Crippen LogP contribution >= 0.6 is 0 Å². The summed E-state index contributed by atoms with van der Waals surface area (Å²) in [6.07, 6.45) is 2.24. The van der Waals surface area contributed by atoms with Gasteiger partial charge in [0.1, 0.15) is 6.04 Å². The first-order valence-electron chi connectivity index (χ1n) is 7.55. The lowest BCUT2D eigenvalue weighted by Crippen LogP contribution is -2.42. The molecule has 0 spiro atoms. The van der Waals surface area contributed by atoms with Crippen LogP contribution in [0.3, 0.4) is 0 Å². The third-order valence-corrected chi connectivity index (χ3v) is 3.25. The summed E-state index contributed by atoms with van der Waals surface area (Å²) in [4.78, 5) is 10.6. The molecule has 2 aromatic carbocycles. The number of hydrogen-bond acceptors (Lipinski definition) is 5. The molecule has 24 heavy (non-hydrogen) atoms. The van der Waals surface area contributed by atoms with E-state index >= 15 is 0 Å². The van der Waals surface area contributed by atoms with Gasteiger partial charge in [-0.05, 0) is 30.4 Å². The predicted octanol–water partition coefficient (Wildman–Crippen LogP) is 1.92. The molecule has 0 aromatic heterocycles. The standard InChI is InChI=1S/C9H12N2O2.C9H12O.H3N/c10-11-8(9(12)13)6-7-4-2-1-3-5-7;10-8-4-7-9-5-2-1-3-6-9;/h1-5,8,11H,6,10H2,(H,12,13);1-3,5-6,10H,4,7-8H2;1H3. The first-order valence-corrected chi connectivity index (χ1v) is 7.55. The van der Waals surface area contributed by atoms with E-state index < -0.39 is 12.0 Å². The molecule has 8 N–H and O–H groups in total. The normalized spacial score (nSPS) is 10.8. The van der Waals surface area contributed by atoms with Crippen LogP contribution in [0, 0.1) is 0 Å². The van der Waals surface area contributed by atoms with Gasteiger partial charge in [0.05, 0.1) is 0 Å². The Morgan fingerprint density at radius 3 is 1.92 bits per heavy atom. The minimum Gasteiger partial charge on any atom is -0.480 e. The molecule has 0 radical (unpaired) electrons. The fourth-order valence-electron chi connectivity index (χ4n) is 2.00. The Labute approximate surface area is 142 Å². The fourth-order valence-corrected chi connectivity index (χ4v) is 2.00. The zero-order chi connectivity index (χ0) is 16.9. The van der Waals surface area contributed by atoms with Crippen LogP contribution in [-0.2, 0) is 17.6 Å². The number of carbonyl (C=O) groups is 1.